The molecule has 3 nitrogen and oxygen atoms in total. The zero-order valence-corrected chi connectivity index (χ0v) is 11.9. The maximum Gasteiger partial charge on any atom is 0.162 e. The molecule has 1 N–H and O–H groups in total. The predicted molar refractivity (Wildman–Crippen MR) is 74.4 cm³/mol. The maximum atomic E-state index is 11.9. The van der Waals surface area contributed by atoms with Gasteiger partial charge in [0.05, 0.1) is 6.61 Å². The van der Waals surface area contributed by atoms with E-state index in [9.17, 15) is 9.90 Å². The normalized spacial score (nSPS) is 15.8. The number of aliphatic hydroxyl groups is 1. The van der Waals surface area contributed by atoms with Crippen molar-refractivity contribution in [2.75, 3.05) is 6.61 Å². The van der Waals surface area contributed by atoms with Gasteiger partial charge in [-0.25, -0.2) is 0 Å². The van der Waals surface area contributed by atoms with E-state index in [1.165, 1.54) is 5.56 Å². The lowest BCUT2D eigenvalue weighted by Crippen LogP contribution is -2.34. The monoisotopic (exact) mass is 262 g/mol. The summed E-state index contributed by atoms with van der Waals surface area (Å²) in [6.45, 7) is 6.38. The van der Waals surface area contributed by atoms with E-state index in [1.54, 1.807) is 0 Å². The molecule has 1 atom stereocenters. The number of benzene rings is 1. The van der Waals surface area contributed by atoms with Gasteiger partial charge in [0, 0.05) is 12.8 Å². The van der Waals surface area contributed by atoms with Gasteiger partial charge in [0.15, 0.2) is 5.78 Å². The molecule has 104 valence electrons. The fourth-order valence-electron chi connectivity index (χ4n) is 2.28. The molecule has 0 aliphatic carbocycles. The molecule has 19 heavy (non-hydrogen) atoms. The third-order valence-electron chi connectivity index (χ3n) is 3.54. The number of aryl methyl sites for hydroxylation is 1. The van der Waals surface area contributed by atoms with Crippen LogP contribution >= 0.6 is 0 Å². The van der Waals surface area contributed by atoms with Crippen molar-refractivity contribution in [2.24, 2.45) is 5.41 Å². The maximum absolute atomic E-state index is 11.9. The van der Waals surface area contributed by atoms with Crippen LogP contribution in [0.25, 0.3) is 0 Å². The van der Waals surface area contributed by atoms with Gasteiger partial charge in [0.1, 0.15) is 11.9 Å². The quantitative estimate of drug-likeness (QED) is 0.907. The van der Waals surface area contributed by atoms with Crippen LogP contribution in [0.1, 0.15) is 38.3 Å². The van der Waals surface area contributed by atoms with Crippen molar-refractivity contribution in [3.05, 3.63) is 29.3 Å². The number of ketones is 1. The zero-order chi connectivity index (χ0) is 14.0. The first-order chi connectivity index (χ1) is 8.88. The predicted octanol–water partition coefficient (Wildman–Crippen LogP) is 2.53. The molecule has 0 radical (unpaired) electrons. The lowest BCUT2D eigenvalue weighted by molar-refractivity contribution is -0.132. The van der Waals surface area contributed by atoms with Crippen molar-refractivity contribution in [1.82, 2.24) is 0 Å². The van der Waals surface area contributed by atoms with Gasteiger partial charge in [-0.1, -0.05) is 32.9 Å². The van der Waals surface area contributed by atoms with Crippen LogP contribution in [-0.2, 0) is 17.6 Å². The van der Waals surface area contributed by atoms with Crippen molar-refractivity contribution in [1.29, 1.82) is 0 Å². The largest absolute Gasteiger partial charge is 0.493 e. The highest BCUT2D eigenvalue weighted by Crippen LogP contribution is 2.27. The molecule has 0 fully saturated rings. The third kappa shape index (κ3) is 3.35. The summed E-state index contributed by atoms with van der Waals surface area (Å²) in [5.41, 5.74) is 1.98. The molecule has 0 aromatic heterocycles. The fraction of sp³-hybridized carbons (Fsp3) is 0.562. The summed E-state index contributed by atoms with van der Waals surface area (Å²) in [4.78, 5) is 11.9. The van der Waals surface area contributed by atoms with Crippen LogP contribution in [0.5, 0.6) is 5.75 Å². The zero-order valence-electron chi connectivity index (χ0n) is 11.9. The molecular weight excluding hydrogens is 240 g/mol. The Hall–Kier alpha value is -1.35. The Morgan fingerprint density at radius 3 is 2.84 bits per heavy atom. The number of carbonyl (C=O) groups excluding carboxylic acids is 1. The summed E-state index contributed by atoms with van der Waals surface area (Å²) < 4.78 is 5.46. The first-order valence-corrected chi connectivity index (χ1v) is 6.83. The topological polar surface area (TPSA) is 46.5 Å². The number of Topliss-reactive ketones (excluding diaryl/α,β-unsaturated/α-hetero) is 1. The minimum atomic E-state index is -0.884. The van der Waals surface area contributed by atoms with E-state index in [4.69, 9.17) is 4.74 Å². The molecule has 1 heterocycles. The van der Waals surface area contributed by atoms with Gasteiger partial charge in [-0.15, -0.1) is 0 Å². The molecule has 1 aliphatic heterocycles. The second-order valence-electron chi connectivity index (χ2n) is 6.28. The number of hydrogen-bond acceptors (Lipinski definition) is 3. The SMILES string of the molecule is CC(C)(C)C(O)C(=O)CCc1ccc2c(c1)CCO2. The second-order valence-corrected chi connectivity index (χ2v) is 6.28. The molecule has 0 bridgehead atoms. The number of carbonyl (C=O) groups is 1. The summed E-state index contributed by atoms with van der Waals surface area (Å²) in [6, 6.07) is 6.09. The Labute approximate surface area is 114 Å². The highest BCUT2D eigenvalue weighted by atomic mass is 16.5. The highest BCUT2D eigenvalue weighted by molar-refractivity contribution is 5.83. The average Bonchev–Trinajstić information content (AvgIpc) is 2.81. The minimum absolute atomic E-state index is 0.0794. The highest BCUT2D eigenvalue weighted by Gasteiger charge is 2.28. The third-order valence-corrected chi connectivity index (χ3v) is 3.54. The Morgan fingerprint density at radius 1 is 1.42 bits per heavy atom. The van der Waals surface area contributed by atoms with Crippen molar-refractivity contribution in [2.45, 2.75) is 46.1 Å². The van der Waals surface area contributed by atoms with E-state index in [1.807, 2.05) is 32.9 Å². The average molecular weight is 262 g/mol. The minimum Gasteiger partial charge on any atom is -0.493 e. The van der Waals surface area contributed by atoms with Gasteiger partial charge in [-0.2, -0.15) is 0 Å². The molecule has 1 aliphatic rings. The molecule has 1 aromatic carbocycles. The van der Waals surface area contributed by atoms with Crippen LogP contribution < -0.4 is 4.74 Å². The number of ether oxygens (including phenoxy) is 1. The number of aliphatic hydroxyl groups excluding tert-OH is 1. The van der Waals surface area contributed by atoms with Crippen LogP contribution in [-0.4, -0.2) is 23.6 Å². The molecule has 3 heteroatoms. The molecule has 0 spiro atoms. The smallest absolute Gasteiger partial charge is 0.162 e. The lowest BCUT2D eigenvalue weighted by Gasteiger charge is -2.24. The Morgan fingerprint density at radius 2 is 2.16 bits per heavy atom. The van der Waals surface area contributed by atoms with E-state index in [0.717, 1.165) is 24.3 Å². The summed E-state index contributed by atoms with van der Waals surface area (Å²) in [5.74, 6) is 0.883. The Kier molecular flexibility index (Phi) is 3.95. The van der Waals surface area contributed by atoms with E-state index >= 15 is 0 Å². The van der Waals surface area contributed by atoms with Crippen molar-refractivity contribution in [3.8, 4) is 5.75 Å². The summed E-state index contributed by atoms with van der Waals surface area (Å²) >= 11 is 0. The molecule has 0 saturated carbocycles. The molecule has 0 amide bonds. The Balaban J connectivity index is 1.94. The molecule has 1 unspecified atom stereocenters. The van der Waals surface area contributed by atoms with E-state index in [-0.39, 0.29) is 11.2 Å². The number of fused-ring (bicyclic) bond motifs is 1. The van der Waals surface area contributed by atoms with Gasteiger partial charge in [0.25, 0.3) is 0 Å². The molecule has 0 saturated heterocycles. The number of rotatable bonds is 4. The standard InChI is InChI=1S/C16H22O3/c1-16(2,3)15(18)13(17)6-4-11-5-7-14-12(10-11)8-9-19-14/h5,7,10,15,18H,4,6,8-9H2,1-3H3. The van der Waals surface area contributed by atoms with Crippen molar-refractivity contribution < 1.29 is 14.6 Å². The van der Waals surface area contributed by atoms with Crippen molar-refractivity contribution in [3.63, 3.8) is 0 Å². The first kappa shape index (κ1) is 14.1. The van der Waals surface area contributed by atoms with E-state index in [0.29, 0.717) is 12.8 Å². The molecular formula is C16H22O3. The van der Waals surface area contributed by atoms with Gasteiger partial charge in [-0.05, 0) is 29.0 Å². The van der Waals surface area contributed by atoms with Crippen LogP contribution in [0, 0.1) is 5.41 Å². The van der Waals surface area contributed by atoms with Crippen LogP contribution in [0.15, 0.2) is 18.2 Å². The second kappa shape index (κ2) is 5.33. The summed E-state index contributed by atoms with van der Waals surface area (Å²) in [5, 5.41) is 9.92. The first-order valence-electron chi connectivity index (χ1n) is 6.83. The van der Waals surface area contributed by atoms with Crippen LogP contribution in [0.2, 0.25) is 0 Å². The fourth-order valence-corrected chi connectivity index (χ4v) is 2.28. The van der Waals surface area contributed by atoms with Gasteiger partial charge >= 0.3 is 0 Å². The Bertz CT molecular complexity index is 471. The van der Waals surface area contributed by atoms with E-state index < -0.39 is 6.10 Å². The van der Waals surface area contributed by atoms with Crippen molar-refractivity contribution >= 4 is 5.78 Å². The summed E-state index contributed by atoms with van der Waals surface area (Å²) in [6.07, 6.45) is 1.13. The summed E-state index contributed by atoms with van der Waals surface area (Å²) in [7, 11) is 0. The van der Waals surface area contributed by atoms with Gasteiger partial charge < -0.3 is 9.84 Å². The van der Waals surface area contributed by atoms with Crippen LogP contribution in [0.3, 0.4) is 0 Å². The molecule has 2 rings (SSSR count). The molecule has 1 aromatic rings. The van der Waals surface area contributed by atoms with Gasteiger partial charge in [-0.3, -0.25) is 4.79 Å². The lowest BCUT2D eigenvalue weighted by atomic mass is 9.85. The van der Waals surface area contributed by atoms with Crippen LogP contribution in [0.4, 0.5) is 0 Å². The number of hydrogen-bond donors (Lipinski definition) is 1. The van der Waals surface area contributed by atoms with Gasteiger partial charge in [0.2, 0.25) is 0 Å². The van der Waals surface area contributed by atoms with E-state index in [2.05, 4.69) is 6.07 Å².